The maximum Gasteiger partial charge on any atom is 0.265 e. The Morgan fingerprint density at radius 3 is 2.15 bits per heavy atom. The van der Waals surface area contributed by atoms with Gasteiger partial charge in [0.05, 0.1) is 4.90 Å². The van der Waals surface area contributed by atoms with Crippen LogP contribution < -0.4 is 4.31 Å². The van der Waals surface area contributed by atoms with Gasteiger partial charge < -0.3 is 0 Å². The average molecular weight is 352 g/mol. The van der Waals surface area contributed by atoms with Crippen LogP contribution in [-0.4, -0.2) is 25.7 Å². The molecule has 0 unspecified atom stereocenters. The molecule has 2 aromatic rings. The molecule has 2 rings (SSSR count). The first-order chi connectivity index (χ1) is 9.23. The Labute approximate surface area is 131 Å². The zero-order valence-corrected chi connectivity index (χ0v) is 14.0. The number of hydrogen-bond donors (Lipinski definition) is 0. The molecule has 0 atom stereocenters. The topological polar surface area (TPSA) is 63.2 Å². The van der Waals surface area contributed by atoms with Gasteiger partial charge in [0, 0.05) is 17.1 Å². The number of hydrogen-bond acceptors (Lipinski definition) is 5. The molecule has 5 nitrogen and oxygen atoms in total. The highest BCUT2D eigenvalue weighted by Crippen LogP contribution is 2.31. The van der Waals surface area contributed by atoms with E-state index in [4.69, 9.17) is 23.2 Å². The third kappa shape index (κ3) is 2.76. The van der Waals surface area contributed by atoms with E-state index in [9.17, 15) is 8.42 Å². The molecule has 0 spiro atoms. The van der Waals surface area contributed by atoms with Crippen LogP contribution in [0, 0.1) is 13.8 Å². The molecule has 0 aliphatic rings. The molecule has 0 saturated carbocycles. The smallest absolute Gasteiger partial charge is 0.243 e. The molecule has 108 valence electrons. The minimum atomic E-state index is -3.77. The van der Waals surface area contributed by atoms with Crippen LogP contribution in [0.5, 0.6) is 0 Å². The molecule has 1 heterocycles. The summed E-state index contributed by atoms with van der Waals surface area (Å²) in [6.45, 7) is 3.47. The SMILES string of the molecule is Cc1nnc(N(C)S(=O)(=O)c2cc(Cl)c(C)c(Cl)c2)s1. The zero-order chi connectivity index (χ0) is 15.1. The number of rotatable bonds is 3. The van der Waals surface area contributed by atoms with Crippen molar-refractivity contribution in [2.75, 3.05) is 11.4 Å². The van der Waals surface area contributed by atoms with Crippen molar-refractivity contribution in [3.05, 3.63) is 32.7 Å². The van der Waals surface area contributed by atoms with Crippen molar-refractivity contribution in [3.63, 3.8) is 0 Å². The van der Waals surface area contributed by atoms with Crippen LogP contribution in [0.3, 0.4) is 0 Å². The van der Waals surface area contributed by atoms with Gasteiger partial charge in [0.25, 0.3) is 10.0 Å². The Hall–Kier alpha value is -0.890. The highest BCUT2D eigenvalue weighted by atomic mass is 35.5. The minimum absolute atomic E-state index is 0.0217. The summed E-state index contributed by atoms with van der Waals surface area (Å²) >= 11 is 13.2. The summed E-state index contributed by atoms with van der Waals surface area (Å²) in [7, 11) is -2.35. The fraction of sp³-hybridized carbons (Fsp3) is 0.273. The summed E-state index contributed by atoms with van der Waals surface area (Å²) in [5.74, 6) is 0. The zero-order valence-electron chi connectivity index (χ0n) is 10.9. The van der Waals surface area contributed by atoms with Gasteiger partial charge in [-0.1, -0.05) is 34.5 Å². The number of sulfonamides is 1. The molecule has 0 N–H and O–H groups in total. The summed E-state index contributed by atoms with van der Waals surface area (Å²) in [4.78, 5) is 0.0217. The van der Waals surface area contributed by atoms with E-state index >= 15 is 0 Å². The van der Waals surface area contributed by atoms with Gasteiger partial charge in [-0.3, -0.25) is 0 Å². The van der Waals surface area contributed by atoms with E-state index in [1.165, 1.54) is 30.5 Å². The van der Waals surface area contributed by atoms with Gasteiger partial charge >= 0.3 is 0 Å². The predicted molar refractivity (Wildman–Crippen MR) is 81.4 cm³/mol. The minimum Gasteiger partial charge on any atom is -0.243 e. The molecule has 0 radical (unpaired) electrons. The third-order valence-corrected chi connectivity index (χ3v) is 6.24. The second-order valence-electron chi connectivity index (χ2n) is 4.09. The normalized spacial score (nSPS) is 11.7. The van der Waals surface area contributed by atoms with Crippen LogP contribution in [0.25, 0.3) is 0 Å². The van der Waals surface area contributed by atoms with Crippen molar-refractivity contribution < 1.29 is 8.42 Å². The lowest BCUT2D eigenvalue weighted by molar-refractivity contribution is 0.594. The van der Waals surface area contributed by atoms with E-state index in [0.717, 1.165) is 4.31 Å². The number of aromatic nitrogens is 2. The molecule has 0 bridgehead atoms. The highest BCUT2D eigenvalue weighted by Gasteiger charge is 2.25. The summed E-state index contributed by atoms with van der Waals surface area (Å²) in [5, 5.41) is 9.20. The Balaban J connectivity index is 2.50. The van der Waals surface area contributed by atoms with E-state index in [1.54, 1.807) is 13.8 Å². The molecule has 20 heavy (non-hydrogen) atoms. The quantitative estimate of drug-likeness (QED) is 0.850. The molecule has 0 aliphatic carbocycles. The van der Waals surface area contributed by atoms with Crippen LogP contribution in [0.2, 0.25) is 10.0 Å². The fourth-order valence-electron chi connectivity index (χ4n) is 1.45. The molecule has 0 saturated heterocycles. The van der Waals surface area contributed by atoms with Crippen LogP contribution in [0.15, 0.2) is 17.0 Å². The van der Waals surface area contributed by atoms with Gasteiger partial charge in [-0.15, -0.1) is 10.2 Å². The number of nitrogens with zero attached hydrogens (tertiary/aromatic N) is 3. The fourth-order valence-corrected chi connectivity index (χ4v) is 4.12. The Morgan fingerprint density at radius 1 is 1.15 bits per heavy atom. The van der Waals surface area contributed by atoms with Crippen LogP contribution in [-0.2, 0) is 10.0 Å². The van der Waals surface area contributed by atoms with Crippen molar-refractivity contribution >= 4 is 49.7 Å². The summed E-state index contributed by atoms with van der Waals surface area (Å²) < 4.78 is 26.1. The Kier molecular flexibility index (Phi) is 4.24. The molecule has 1 aromatic carbocycles. The van der Waals surface area contributed by atoms with E-state index < -0.39 is 10.0 Å². The van der Waals surface area contributed by atoms with Gasteiger partial charge in [-0.25, -0.2) is 12.7 Å². The van der Waals surface area contributed by atoms with Gasteiger partial charge in [-0.2, -0.15) is 0 Å². The number of aryl methyl sites for hydroxylation is 1. The van der Waals surface area contributed by atoms with Crippen LogP contribution in [0.4, 0.5) is 5.13 Å². The van der Waals surface area contributed by atoms with E-state index in [-0.39, 0.29) is 10.0 Å². The van der Waals surface area contributed by atoms with E-state index in [1.807, 2.05) is 0 Å². The lowest BCUT2D eigenvalue weighted by atomic mass is 10.2. The van der Waals surface area contributed by atoms with E-state index in [0.29, 0.717) is 20.6 Å². The number of anilines is 1. The molecular weight excluding hydrogens is 341 g/mol. The first-order valence-corrected chi connectivity index (χ1v) is 8.49. The van der Waals surface area contributed by atoms with Gasteiger partial charge in [0.1, 0.15) is 5.01 Å². The van der Waals surface area contributed by atoms with Gasteiger partial charge in [0.15, 0.2) is 0 Å². The van der Waals surface area contributed by atoms with Crippen molar-refractivity contribution in [3.8, 4) is 0 Å². The molecule has 0 aliphatic heterocycles. The van der Waals surface area contributed by atoms with Crippen molar-refractivity contribution in [2.45, 2.75) is 18.7 Å². The first kappa shape index (κ1) is 15.5. The van der Waals surface area contributed by atoms with Crippen molar-refractivity contribution in [1.82, 2.24) is 10.2 Å². The predicted octanol–water partition coefficient (Wildman–Crippen LogP) is 3.29. The summed E-state index contributed by atoms with van der Waals surface area (Å²) in [6.07, 6.45) is 0. The van der Waals surface area contributed by atoms with E-state index in [2.05, 4.69) is 10.2 Å². The monoisotopic (exact) mass is 351 g/mol. The molecule has 0 fully saturated rings. The third-order valence-electron chi connectivity index (χ3n) is 2.70. The highest BCUT2D eigenvalue weighted by molar-refractivity contribution is 7.93. The Bertz CT molecular complexity index is 736. The van der Waals surface area contributed by atoms with Crippen LogP contribution >= 0.6 is 34.5 Å². The van der Waals surface area contributed by atoms with Crippen molar-refractivity contribution in [1.29, 1.82) is 0 Å². The van der Waals surface area contributed by atoms with Gasteiger partial charge in [-0.05, 0) is 31.5 Å². The van der Waals surface area contributed by atoms with Crippen LogP contribution in [0.1, 0.15) is 10.6 Å². The molecule has 0 amide bonds. The Morgan fingerprint density at radius 2 is 1.70 bits per heavy atom. The second kappa shape index (κ2) is 5.48. The molecule has 1 aromatic heterocycles. The lowest BCUT2D eigenvalue weighted by Gasteiger charge is -2.16. The average Bonchev–Trinajstić information content (AvgIpc) is 2.80. The maximum atomic E-state index is 12.5. The standard InChI is InChI=1S/C11H11Cl2N3O2S2/c1-6-9(12)4-8(5-10(6)13)20(17,18)16(3)11-15-14-7(2)19-11/h4-5H,1-3H3. The lowest BCUT2D eigenvalue weighted by Crippen LogP contribution is -2.26. The molecule has 9 heteroatoms. The number of benzene rings is 1. The first-order valence-electron chi connectivity index (χ1n) is 5.48. The number of halogens is 2. The molecular formula is C11H11Cl2N3O2S2. The summed E-state index contributed by atoms with van der Waals surface area (Å²) in [6, 6.07) is 2.75. The maximum absolute atomic E-state index is 12.5. The second-order valence-corrected chi connectivity index (χ2v) is 8.03. The van der Waals surface area contributed by atoms with Crippen molar-refractivity contribution in [2.24, 2.45) is 0 Å². The summed E-state index contributed by atoms with van der Waals surface area (Å²) in [5.41, 5.74) is 0.640. The van der Waals surface area contributed by atoms with Gasteiger partial charge in [0.2, 0.25) is 5.13 Å². The largest absolute Gasteiger partial charge is 0.265 e.